The predicted molar refractivity (Wildman–Crippen MR) is 156 cm³/mol. The third-order valence-corrected chi connectivity index (χ3v) is 8.36. The van der Waals surface area contributed by atoms with Crippen LogP contribution in [-0.4, -0.2) is 56.3 Å². The second kappa shape index (κ2) is 13.5. The van der Waals surface area contributed by atoms with Crippen molar-refractivity contribution in [1.29, 1.82) is 0 Å². The number of benzene rings is 3. The molecule has 0 fully saturated rings. The Hall–Kier alpha value is -4.16. The maximum atomic E-state index is 14.1. The van der Waals surface area contributed by atoms with E-state index < -0.39 is 49.9 Å². The number of nitro groups is 1. The van der Waals surface area contributed by atoms with Crippen molar-refractivity contribution in [1.82, 2.24) is 10.2 Å². The first kappa shape index (κ1) is 31.4. The van der Waals surface area contributed by atoms with Gasteiger partial charge in [0.1, 0.15) is 18.3 Å². The number of hydrogen-bond donors (Lipinski definition) is 1. The van der Waals surface area contributed by atoms with Crippen molar-refractivity contribution in [2.75, 3.05) is 24.5 Å². The highest BCUT2D eigenvalue weighted by molar-refractivity contribution is 7.92. The number of aryl methyl sites for hydroxylation is 1. The zero-order valence-corrected chi connectivity index (χ0v) is 24.6. The maximum absolute atomic E-state index is 14.1. The largest absolute Gasteiger partial charge is 0.495 e. The Morgan fingerprint density at radius 2 is 1.78 bits per heavy atom. The number of halogens is 1. The van der Waals surface area contributed by atoms with Gasteiger partial charge in [-0.3, -0.25) is 24.0 Å². The van der Waals surface area contributed by atoms with Crippen LogP contribution in [0.15, 0.2) is 71.6 Å². The maximum Gasteiger partial charge on any atom is 0.273 e. The Kier molecular flexibility index (Phi) is 10.3. The number of carbonyl (C=O) groups excluding carboxylic acids is 2. The van der Waals surface area contributed by atoms with Gasteiger partial charge in [-0.25, -0.2) is 8.42 Å². The molecule has 1 atom stereocenters. The molecule has 3 aromatic carbocycles. The van der Waals surface area contributed by atoms with E-state index in [4.69, 9.17) is 16.3 Å². The van der Waals surface area contributed by atoms with Crippen LogP contribution in [0, 0.1) is 17.0 Å². The molecular formula is C28H31ClN4O7S. The number of hydrogen-bond acceptors (Lipinski definition) is 7. The Morgan fingerprint density at radius 1 is 1.10 bits per heavy atom. The summed E-state index contributed by atoms with van der Waals surface area (Å²) in [4.78, 5) is 38.5. The number of nitrogens with zero attached hydrogens (tertiary/aromatic N) is 3. The lowest BCUT2D eigenvalue weighted by molar-refractivity contribution is -0.385. The molecule has 0 bridgehead atoms. The molecule has 11 nitrogen and oxygen atoms in total. The van der Waals surface area contributed by atoms with Crippen molar-refractivity contribution in [2.45, 2.75) is 38.3 Å². The van der Waals surface area contributed by atoms with Gasteiger partial charge < -0.3 is 15.0 Å². The van der Waals surface area contributed by atoms with Gasteiger partial charge in [-0.1, -0.05) is 48.0 Å². The number of nitrogens with one attached hydrogen (secondary N) is 1. The summed E-state index contributed by atoms with van der Waals surface area (Å²) in [5.41, 5.74) is 0.537. The van der Waals surface area contributed by atoms with E-state index in [1.165, 1.54) is 49.3 Å². The molecule has 1 unspecified atom stereocenters. The van der Waals surface area contributed by atoms with Crippen LogP contribution in [0.3, 0.4) is 0 Å². The van der Waals surface area contributed by atoms with Crippen LogP contribution < -0.4 is 14.4 Å². The molecule has 41 heavy (non-hydrogen) atoms. The van der Waals surface area contributed by atoms with Crippen LogP contribution in [-0.2, 0) is 26.2 Å². The average molecular weight is 603 g/mol. The van der Waals surface area contributed by atoms with Gasteiger partial charge in [-0.15, -0.1) is 0 Å². The Balaban J connectivity index is 2.16. The van der Waals surface area contributed by atoms with Gasteiger partial charge in [0.2, 0.25) is 11.8 Å². The molecule has 218 valence electrons. The first-order valence-corrected chi connectivity index (χ1v) is 14.4. The van der Waals surface area contributed by atoms with Crippen LogP contribution in [0.5, 0.6) is 5.75 Å². The fraction of sp³-hybridized carbons (Fsp3) is 0.286. The third-order valence-electron chi connectivity index (χ3n) is 6.37. The van der Waals surface area contributed by atoms with Gasteiger partial charge in [0, 0.05) is 29.7 Å². The number of rotatable bonds is 12. The van der Waals surface area contributed by atoms with Crippen molar-refractivity contribution < 1.29 is 27.7 Å². The van der Waals surface area contributed by atoms with Crippen LogP contribution >= 0.6 is 11.6 Å². The van der Waals surface area contributed by atoms with E-state index >= 15 is 0 Å². The highest BCUT2D eigenvalue weighted by Gasteiger charge is 2.34. The highest BCUT2D eigenvalue weighted by Crippen LogP contribution is 2.36. The van der Waals surface area contributed by atoms with E-state index in [1.54, 1.807) is 38.1 Å². The second-order valence-electron chi connectivity index (χ2n) is 9.11. The molecule has 0 aliphatic heterocycles. The smallest absolute Gasteiger partial charge is 0.273 e. The summed E-state index contributed by atoms with van der Waals surface area (Å²) in [5, 5.41) is 14.4. The molecule has 0 aromatic heterocycles. The zero-order chi connectivity index (χ0) is 30.3. The van der Waals surface area contributed by atoms with Gasteiger partial charge in [0.15, 0.2) is 0 Å². The second-order valence-corrected chi connectivity index (χ2v) is 11.4. The molecule has 2 amide bonds. The fourth-order valence-electron chi connectivity index (χ4n) is 4.13. The van der Waals surface area contributed by atoms with Crippen LogP contribution in [0.25, 0.3) is 0 Å². The van der Waals surface area contributed by atoms with Crippen LogP contribution in [0.2, 0.25) is 5.02 Å². The van der Waals surface area contributed by atoms with Crippen molar-refractivity contribution in [2.24, 2.45) is 0 Å². The van der Waals surface area contributed by atoms with E-state index in [2.05, 4.69) is 5.32 Å². The molecule has 0 aliphatic rings. The summed E-state index contributed by atoms with van der Waals surface area (Å²) < 4.78 is 34.3. The molecule has 3 aromatic rings. The first-order chi connectivity index (χ1) is 19.4. The number of amides is 2. The number of likely N-dealkylation sites (N-methyl/N-ethyl adjacent to an activating group) is 1. The minimum Gasteiger partial charge on any atom is -0.495 e. The van der Waals surface area contributed by atoms with E-state index in [0.717, 1.165) is 15.9 Å². The number of methoxy groups -OCH3 is 1. The predicted octanol–water partition coefficient (Wildman–Crippen LogP) is 4.31. The molecule has 0 spiro atoms. The van der Waals surface area contributed by atoms with E-state index in [9.17, 15) is 28.1 Å². The lowest BCUT2D eigenvalue weighted by Gasteiger charge is -2.32. The number of nitro benzene ring substituents is 1. The van der Waals surface area contributed by atoms with Crippen molar-refractivity contribution in [3.8, 4) is 5.75 Å². The van der Waals surface area contributed by atoms with Crippen LogP contribution in [0.4, 0.5) is 11.4 Å². The summed E-state index contributed by atoms with van der Waals surface area (Å²) >= 11 is 6.22. The van der Waals surface area contributed by atoms with E-state index in [1.807, 2.05) is 6.07 Å². The quantitative estimate of drug-likeness (QED) is 0.241. The Labute approximate surface area is 243 Å². The molecule has 0 radical (unpaired) electrons. The van der Waals surface area contributed by atoms with Crippen molar-refractivity contribution >= 4 is 44.8 Å². The summed E-state index contributed by atoms with van der Waals surface area (Å²) in [6.45, 7) is 4.39. The minimum atomic E-state index is -4.59. The SMILES string of the molecule is CCNC(=O)C(C)N(Cc1ccccc1)C(=O)CN(c1cc(Cl)ccc1OC)S(=O)(=O)c1ccc(C)c([N+](=O)[O-])c1. The van der Waals surface area contributed by atoms with Gasteiger partial charge in [-0.05, 0) is 50.6 Å². The third kappa shape index (κ3) is 7.33. The van der Waals surface area contributed by atoms with Crippen molar-refractivity contribution in [3.05, 3.63) is 93.0 Å². The highest BCUT2D eigenvalue weighted by atomic mass is 35.5. The molecular weight excluding hydrogens is 572 g/mol. The van der Waals surface area contributed by atoms with Gasteiger partial charge in [0.05, 0.1) is 22.6 Å². The summed E-state index contributed by atoms with van der Waals surface area (Å²) in [7, 11) is -3.26. The Morgan fingerprint density at radius 3 is 2.39 bits per heavy atom. The minimum absolute atomic E-state index is 0.0224. The molecule has 1 N–H and O–H groups in total. The van der Waals surface area contributed by atoms with Gasteiger partial charge in [0.25, 0.3) is 15.7 Å². The number of anilines is 1. The standard InChI is InChI=1S/C28H31ClN4O7S/c1-5-30-28(35)20(3)31(17-21-9-7-6-8-10-21)27(34)18-32(25-15-22(29)12-14-26(25)40-4)41(38,39)23-13-11-19(2)24(16-23)33(36)37/h6-16,20H,5,17-18H2,1-4H3,(H,30,35). The fourth-order valence-corrected chi connectivity index (χ4v) is 5.73. The molecule has 13 heteroatoms. The summed E-state index contributed by atoms with van der Waals surface area (Å²) in [5.74, 6) is -1.01. The monoisotopic (exact) mass is 602 g/mol. The molecule has 0 aliphatic carbocycles. The van der Waals surface area contributed by atoms with Gasteiger partial charge >= 0.3 is 0 Å². The number of carbonyl (C=O) groups is 2. The lowest BCUT2D eigenvalue weighted by Crippen LogP contribution is -2.51. The summed E-state index contributed by atoms with van der Waals surface area (Å²) in [6, 6.07) is 15.7. The normalized spacial score (nSPS) is 11.8. The molecule has 0 saturated carbocycles. The molecule has 0 heterocycles. The Bertz CT molecular complexity index is 1530. The van der Waals surface area contributed by atoms with E-state index in [-0.39, 0.29) is 28.6 Å². The van der Waals surface area contributed by atoms with E-state index in [0.29, 0.717) is 6.54 Å². The van der Waals surface area contributed by atoms with Crippen LogP contribution in [0.1, 0.15) is 25.0 Å². The average Bonchev–Trinajstić information content (AvgIpc) is 2.94. The van der Waals surface area contributed by atoms with Gasteiger partial charge in [-0.2, -0.15) is 0 Å². The number of sulfonamides is 1. The summed E-state index contributed by atoms with van der Waals surface area (Å²) in [6.07, 6.45) is 0. The topological polar surface area (TPSA) is 139 Å². The number of ether oxygens (including phenoxy) is 1. The van der Waals surface area contributed by atoms with Crippen molar-refractivity contribution in [3.63, 3.8) is 0 Å². The lowest BCUT2D eigenvalue weighted by atomic mass is 10.1. The molecule has 3 rings (SSSR count). The molecule has 0 saturated heterocycles. The zero-order valence-electron chi connectivity index (χ0n) is 23.0. The first-order valence-electron chi connectivity index (χ1n) is 12.6.